The summed E-state index contributed by atoms with van der Waals surface area (Å²) in [6.07, 6.45) is 0. The van der Waals surface area contributed by atoms with Crippen LogP contribution in [0.5, 0.6) is 0 Å². The van der Waals surface area contributed by atoms with Crippen LogP contribution in [0.4, 0.5) is 10.1 Å². The van der Waals surface area contributed by atoms with Gasteiger partial charge in [0.1, 0.15) is 11.5 Å². The fourth-order valence-electron chi connectivity index (χ4n) is 4.28. The predicted octanol–water partition coefficient (Wildman–Crippen LogP) is 5.45. The van der Waals surface area contributed by atoms with Crippen LogP contribution in [0, 0.1) is 12.7 Å². The topological polar surface area (TPSA) is 75.3 Å². The fourth-order valence-corrected chi connectivity index (χ4v) is 4.28. The Balaban J connectivity index is 1.63. The molecule has 2 heterocycles. The number of aryl methyl sites for hydroxylation is 1. The molecular weight excluding hydrogens is 433 g/mol. The number of fused-ring (bicyclic) bond motifs is 1. The van der Waals surface area contributed by atoms with Crippen LogP contribution in [-0.2, 0) is 4.74 Å². The number of carbonyl (C=O) groups excluding carboxylic acids is 2. The van der Waals surface area contributed by atoms with E-state index >= 15 is 0 Å². The van der Waals surface area contributed by atoms with Crippen molar-refractivity contribution in [2.75, 3.05) is 11.5 Å². The van der Waals surface area contributed by atoms with Gasteiger partial charge >= 0.3 is 5.97 Å². The van der Waals surface area contributed by atoms with Crippen LogP contribution >= 0.6 is 0 Å². The number of hydrogen-bond acceptors (Lipinski definition) is 4. The number of anilines is 1. The first-order valence-electron chi connectivity index (χ1n) is 11.0. The highest BCUT2D eigenvalue weighted by atomic mass is 19.1. The number of benzene rings is 3. The Kier molecular flexibility index (Phi) is 5.45. The predicted molar refractivity (Wildman–Crippen MR) is 126 cm³/mol. The zero-order chi connectivity index (χ0) is 23.8. The van der Waals surface area contributed by atoms with Crippen molar-refractivity contribution < 1.29 is 18.7 Å². The van der Waals surface area contributed by atoms with Crippen molar-refractivity contribution in [2.45, 2.75) is 19.9 Å². The molecule has 0 unspecified atom stereocenters. The van der Waals surface area contributed by atoms with Crippen LogP contribution in [0.3, 0.4) is 0 Å². The van der Waals surface area contributed by atoms with Gasteiger partial charge in [0, 0.05) is 16.8 Å². The average Bonchev–Trinajstić information content (AvgIpc) is 3.39. The van der Waals surface area contributed by atoms with Gasteiger partial charge < -0.3 is 4.74 Å². The van der Waals surface area contributed by atoms with Gasteiger partial charge in [0.25, 0.3) is 5.91 Å². The summed E-state index contributed by atoms with van der Waals surface area (Å²) >= 11 is 0. The lowest BCUT2D eigenvalue weighted by Crippen LogP contribution is -2.29. The molecule has 1 atom stereocenters. The molecule has 3 aromatic carbocycles. The van der Waals surface area contributed by atoms with E-state index in [0.717, 1.165) is 22.3 Å². The third kappa shape index (κ3) is 3.65. The molecule has 1 aliphatic heterocycles. The summed E-state index contributed by atoms with van der Waals surface area (Å²) in [5.41, 5.74) is 5.53. The number of amides is 1. The van der Waals surface area contributed by atoms with Gasteiger partial charge in [-0.05, 0) is 55.8 Å². The molecule has 170 valence electrons. The Bertz CT molecular complexity index is 1360. The minimum atomic E-state index is -0.522. The van der Waals surface area contributed by atoms with E-state index < -0.39 is 12.0 Å². The van der Waals surface area contributed by atoms with Crippen LogP contribution in [0.1, 0.15) is 50.5 Å². The fraction of sp³-hybridized carbons (Fsp3) is 0.148. The molecule has 1 amide bonds. The van der Waals surface area contributed by atoms with Gasteiger partial charge in [0.05, 0.1) is 23.9 Å². The Morgan fingerprint density at radius 3 is 2.35 bits per heavy atom. The summed E-state index contributed by atoms with van der Waals surface area (Å²) in [4.78, 5) is 27.3. The number of nitrogens with one attached hydrogen (secondary N) is 1. The maximum atomic E-state index is 13.7. The molecule has 1 aromatic heterocycles. The summed E-state index contributed by atoms with van der Waals surface area (Å²) < 4.78 is 18.8. The molecule has 1 N–H and O–H groups in total. The van der Waals surface area contributed by atoms with Crippen LogP contribution in [-0.4, -0.2) is 28.7 Å². The molecule has 7 heteroatoms. The summed E-state index contributed by atoms with van der Waals surface area (Å²) in [5, 5.41) is 7.38. The summed E-state index contributed by atoms with van der Waals surface area (Å²) in [6, 6.07) is 20.2. The Labute approximate surface area is 196 Å². The normalized spacial score (nSPS) is 14.9. The number of halogens is 1. The van der Waals surface area contributed by atoms with Crippen molar-refractivity contribution in [3.63, 3.8) is 0 Å². The van der Waals surface area contributed by atoms with Crippen LogP contribution < -0.4 is 4.90 Å². The Morgan fingerprint density at radius 1 is 1.03 bits per heavy atom. The van der Waals surface area contributed by atoms with E-state index in [4.69, 9.17) is 4.74 Å². The number of carbonyl (C=O) groups is 2. The average molecular weight is 455 g/mol. The second-order valence-corrected chi connectivity index (χ2v) is 8.12. The number of esters is 1. The number of ether oxygens (including phenoxy) is 1. The number of nitrogens with zero attached hydrogens (tertiary/aromatic N) is 2. The van der Waals surface area contributed by atoms with Crippen molar-refractivity contribution in [1.82, 2.24) is 10.2 Å². The Morgan fingerprint density at radius 2 is 1.71 bits per heavy atom. The van der Waals surface area contributed by atoms with Gasteiger partial charge in [-0.2, -0.15) is 5.10 Å². The lowest BCUT2D eigenvalue weighted by atomic mass is 9.95. The third-order valence-corrected chi connectivity index (χ3v) is 5.94. The number of aromatic nitrogens is 2. The van der Waals surface area contributed by atoms with Crippen molar-refractivity contribution in [2.24, 2.45) is 0 Å². The molecule has 0 saturated carbocycles. The zero-order valence-electron chi connectivity index (χ0n) is 18.7. The van der Waals surface area contributed by atoms with Crippen molar-refractivity contribution in [1.29, 1.82) is 0 Å². The van der Waals surface area contributed by atoms with Gasteiger partial charge in [0.15, 0.2) is 0 Å². The van der Waals surface area contributed by atoms with E-state index in [1.807, 2.05) is 31.2 Å². The minimum Gasteiger partial charge on any atom is -0.462 e. The second-order valence-electron chi connectivity index (χ2n) is 8.12. The number of H-pyrrole nitrogens is 1. The lowest BCUT2D eigenvalue weighted by molar-refractivity contribution is 0.0526. The van der Waals surface area contributed by atoms with Crippen LogP contribution in [0.15, 0.2) is 72.8 Å². The SMILES string of the molecule is CCOC(=O)c1ccc(N2C(=O)c3[nH]nc(-c4ccc(C)cc4)c3[C@H]2c2ccc(F)cc2)cc1. The van der Waals surface area contributed by atoms with Crippen molar-refractivity contribution >= 4 is 17.6 Å². The van der Waals surface area contributed by atoms with E-state index in [1.165, 1.54) is 12.1 Å². The standard InChI is InChI=1S/C27H22FN3O3/c1-3-34-27(33)19-10-14-21(15-11-19)31-25(18-8-12-20(28)13-9-18)22-23(29-30-24(22)26(31)32)17-6-4-16(2)5-7-17/h4-15,25H,3H2,1-2H3,(H,29,30)/t25-/m1/s1. The van der Waals surface area contributed by atoms with E-state index in [9.17, 15) is 14.0 Å². The van der Waals surface area contributed by atoms with Gasteiger partial charge in [-0.3, -0.25) is 14.8 Å². The summed E-state index contributed by atoms with van der Waals surface area (Å²) in [5.74, 6) is -1.03. The van der Waals surface area contributed by atoms with E-state index in [2.05, 4.69) is 10.2 Å². The molecule has 1 aliphatic rings. The maximum absolute atomic E-state index is 13.7. The third-order valence-electron chi connectivity index (χ3n) is 5.94. The second kappa shape index (κ2) is 8.59. The molecule has 0 spiro atoms. The van der Waals surface area contributed by atoms with Crippen molar-refractivity contribution in [3.05, 3.63) is 107 Å². The smallest absolute Gasteiger partial charge is 0.338 e. The molecule has 0 radical (unpaired) electrons. The largest absolute Gasteiger partial charge is 0.462 e. The number of rotatable bonds is 5. The van der Waals surface area contributed by atoms with Gasteiger partial charge in [0.2, 0.25) is 0 Å². The summed E-state index contributed by atoms with van der Waals surface area (Å²) in [7, 11) is 0. The van der Waals surface area contributed by atoms with E-state index in [-0.39, 0.29) is 18.3 Å². The molecule has 5 rings (SSSR count). The highest BCUT2D eigenvalue weighted by Gasteiger charge is 2.43. The van der Waals surface area contributed by atoms with Crippen LogP contribution in [0.25, 0.3) is 11.3 Å². The van der Waals surface area contributed by atoms with Gasteiger partial charge in [-0.25, -0.2) is 9.18 Å². The quantitative estimate of drug-likeness (QED) is 0.406. The molecule has 0 aliphatic carbocycles. The van der Waals surface area contributed by atoms with E-state index in [1.54, 1.807) is 48.2 Å². The monoisotopic (exact) mass is 455 g/mol. The van der Waals surface area contributed by atoms with E-state index in [0.29, 0.717) is 22.6 Å². The maximum Gasteiger partial charge on any atom is 0.338 e. The first-order chi connectivity index (χ1) is 16.5. The number of hydrogen-bond donors (Lipinski definition) is 1. The summed E-state index contributed by atoms with van der Waals surface area (Å²) in [6.45, 7) is 4.03. The first kappa shape index (κ1) is 21.6. The molecule has 4 aromatic rings. The molecule has 34 heavy (non-hydrogen) atoms. The highest BCUT2D eigenvalue weighted by molar-refractivity contribution is 6.12. The zero-order valence-corrected chi connectivity index (χ0v) is 18.7. The molecular formula is C27H22FN3O3. The molecule has 0 saturated heterocycles. The molecule has 6 nitrogen and oxygen atoms in total. The van der Waals surface area contributed by atoms with Crippen LogP contribution in [0.2, 0.25) is 0 Å². The lowest BCUT2D eigenvalue weighted by Gasteiger charge is -2.26. The van der Waals surface area contributed by atoms with Crippen molar-refractivity contribution in [3.8, 4) is 11.3 Å². The van der Waals surface area contributed by atoms with Gasteiger partial charge in [-0.1, -0.05) is 42.0 Å². The van der Waals surface area contributed by atoms with Gasteiger partial charge in [-0.15, -0.1) is 0 Å². The minimum absolute atomic E-state index is 0.251. The molecule has 0 bridgehead atoms. The number of aromatic amines is 1. The highest BCUT2D eigenvalue weighted by Crippen LogP contribution is 2.45. The Hall–Kier alpha value is -4.26. The molecule has 0 fully saturated rings. The first-order valence-corrected chi connectivity index (χ1v) is 11.0.